The molecule has 44 heavy (non-hydrogen) atoms. The number of amides is 2. The molecule has 0 unspecified atom stereocenters. The van der Waals surface area contributed by atoms with Gasteiger partial charge in [0.15, 0.2) is 13.9 Å². The summed E-state index contributed by atoms with van der Waals surface area (Å²) in [4.78, 5) is 42.1. The lowest BCUT2D eigenvalue weighted by atomic mass is 9.82. The first-order chi connectivity index (χ1) is 21.0. The summed E-state index contributed by atoms with van der Waals surface area (Å²) in [6, 6.07) is 13.2. The molecule has 0 aliphatic carbocycles. The Labute approximate surface area is 262 Å². The van der Waals surface area contributed by atoms with E-state index in [4.69, 9.17) is 16.3 Å². The number of rotatable bonds is 9. The molecule has 3 aromatic rings. The summed E-state index contributed by atoms with van der Waals surface area (Å²) in [5.74, 6) is -0.441. The van der Waals surface area contributed by atoms with Crippen LogP contribution in [-0.2, 0) is 39.4 Å². The third kappa shape index (κ3) is 5.48. The quantitative estimate of drug-likeness (QED) is 0.305. The number of carbonyl (C=O) groups excluding carboxylic acids is 2. The van der Waals surface area contributed by atoms with Crippen molar-refractivity contribution in [3.63, 3.8) is 0 Å². The number of anilines is 2. The molecule has 2 saturated heterocycles. The van der Waals surface area contributed by atoms with Gasteiger partial charge in [-0.1, -0.05) is 35.9 Å². The number of benzene rings is 2. The van der Waals surface area contributed by atoms with Crippen LogP contribution in [0.5, 0.6) is 0 Å². The molecule has 1 aromatic heterocycles. The molecule has 2 aromatic carbocycles. The lowest BCUT2D eigenvalue weighted by Crippen LogP contribution is -2.48. The fourth-order valence-corrected chi connectivity index (χ4v) is 10.0. The molecule has 3 aliphatic heterocycles. The Morgan fingerprint density at radius 3 is 2.66 bits per heavy atom. The molecule has 13 heteroatoms. The average Bonchev–Trinajstić information content (AvgIpc) is 3.63. The van der Waals surface area contributed by atoms with Crippen LogP contribution < -0.4 is 15.1 Å². The van der Waals surface area contributed by atoms with Gasteiger partial charge >= 0.3 is 0 Å². The van der Waals surface area contributed by atoms with E-state index in [2.05, 4.69) is 15.6 Å². The standard InChI is InChI=1S/C31H39ClN6O5Si/c1-20-29(44(2,3)42)27(10-13-36-19-23(11-15-39)34-35-36)43-31(20)25-16-22(32)6-9-26(25)38(30(31)41)18-21-4-7-24(8-5-21)37-14-12-33-17-28(37)40/h4-9,16,19-20,27,29,33,39,42H,10-15,17-18H2,1-3H3/t20-,27+,29-,31+/m1/s1. The van der Waals surface area contributed by atoms with Gasteiger partial charge in [0.25, 0.3) is 5.91 Å². The minimum atomic E-state index is -2.82. The second kappa shape index (κ2) is 12.0. The van der Waals surface area contributed by atoms with Crippen molar-refractivity contribution in [2.45, 2.75) is 63.2 Å². The molecular formula is C31H39ClN6O5Si. The summed E-state index contributed by atoms with van der Waals surface area (Å²) >= 11 is 6.52. The van der Waals surface area contributed by atoms with Gasteiger partial charge in [-0.2, -0.15) is 0 Å². The molecule has 2 amide bonds. The van der Waals surface area contributed by atoms with Crippen LogP contribution in [0.4, 0.5) is 11.4 Å². The van der Waals surface area contributed by atoms with Gasteiger partial charge in [-0.3, -0.25) is 14.3 Å². The maximum Gasteiger partial charge on any atom is 0.264 e. The number of hydrogen-bond donors (Lipinski definition) is 3. The largest absolute Gasteiger partial charge is 0.432 e. The van der Waals surface area contributed by atoms with Crippen molar-refractivity contribution < 1.29 is 24.2 Å². The Kier molecular flexibility index (Phi) is 8.41. The van der Waals surface area contributed by atoms with Gasteiger partial charge in [-0.25, -0.2) is 0 Å². The first-order valence-corrected chi connectivity index (χ1v) is 18.5. The number of piperazine rings is 1. The van der Waals surface area contributed by atoms with Crippen LogP contribution >= 0.6 is 11.6 Å². The second-order valence-electron chi connectivity index (χ2n) is 12.5. The highest BCUT2D eigenvalue weighted by atomic mass is 35.5. The molecule has 4 heterocycles. The van der Waals surface area contributed by atoms with Crippen molar-refractivity contribution in [1.82, 2.24) is 20.3 Å². The van der Waals surface area contributed by atoms with E-state index in [0.717, 1.165) is 29.0 Å². The SMILES string of the molecule is C[C@@H]1[C@@H]([Si](C)(C)O)[C@H](CCn2cc(CCO)nn2)O[C@@]12C(=O)N(Cc1ccc(N3CCNCC3=O)cc1)c1ccc(Cl)cc12. The van der Waals surface area contributed by atoms with Gasteiger partial charge in [0.2, 0.25) is 5.91 Å². The van der Waals surface area contributed by atoms with Gasteiger partial charge in [-0.15, -0.1) is 5.10 Å². The number of fused-ring (bicyclic) bond motifs is 2. The molecule has 3 aliphatic rings. The molecule has 6 rings (SSSR count). The van der Waals surface area contributed by atoms with Crippen molar-refractivity contribution >= 4 is 43.1 Å². The number of carbonyl (C=O) groups is 2. The van der Waals surface area contributed by atoms with Crippen LogP contribution in [0.15, 0.2) is 48.7 Å². The first-order valence-electron chi connectivity index (χ1n) is 15.1. The van der Waals surface area contributed by atoms with E-state index >= 15 is 0 Å². The van der Waals surface area contributed by atoms with Crippen LogP contribution in [0.1, 0.15) is 30.2 Å². The number of ether oxygens (including phenoxy) is 1. The Balaban J connectivity index is 1.29. The molecule has 0 saturated carbocycles. The lowest BCUT2D eigenvalue weighted by molar-refractivity contribution is -0.146. The van der Waals surface area contributed by atoms with Crippen molar-refractivity contribution in [3.8, 4) is 0 Å². The molecule has 0 radical (unpaired) electrons. The van der Waals surface area contributed by atoms with Gasteiger partial charge in [-0.05, 0) is 55.4 Å². The molecule has 1 spiro atoms. The molecule has 4 atom stereocenters. The van der Waals surface area contributed by atoms with Crippen LogP contribution in [0.25, 0.3) is 0 Å². The monoisotopic (exact) mass is 638 g/mol. The van der Waals surface area contributed by atoms with E-state index < -0.39 is 20.0 Å². The first kappa shape index (κ1) is 30.9. The number of nitrogens with one attached hydrogen (secondary N) is 1. The van der Waals surface area contributed by atoms with E-state index in [9.17, 15) is 19.5 Å². The Morgan fingerprint density at radius 1 is 1.18 bits per heavy atom. The summed E-state index contributed by atoms with van der Waals surface area (Å²) in [5.41, 5.74) is 2.41. The molecule has 234 valence electrons. The van der Waals surface area contributed by atoms with Crippen molar-refractivity contribution in [1.29, 1.82) is 0 Å². The summed E-state index contributed by atoms with van der Waals surface area (Å²) in [5, 5.41) is 21.1. The van der Waals surface area contributed by atoms with Crippen molar-refractivity contribution in [2.24, 2.45) is 5.92 Å². The number of nitrogens with zero attached hydrogens (tertiary/aromatic N) is 5. The number of aryl methyl sites for hydroxylation is 1. The van der Waals surface area contributed by atoms with E-state index in [1.807, 2.05) is 62.6 Å². The Bertz CT molecular complexity index is 1540. The number of aliphatic hydroxyl groups excluding tert-OH is 1. The third-order valence-corrected chi connectivity index (χ3v) is 12.0. The van der Waals surface area contributed by atoms with Gasteiger partial charge in [0, 0.05) is 66.6 Å². The van der Waals surface area contributed by atoms with Crippen LogP contribution in [0.2, 0.25) is 23.7 Å². The topological polar surface area (TPSA) is 133 Å². The molecule has 3 N–H and O–H groups in total. The number of aromatic nitrogens is 3. The Hall–Kier alpha value is -3.13. The van der Waals surface area contributed by atoms with Gasteiger partial charge < -0.3 is 29.8 Å². The maximum absolute atomic E-state index is 14.6. The zero-order valence-electron chi connectivity index (χ0n) is 25.2. The maximum atomic E-state index is 14.6. The zero-order valence-corrected chi connectivity index (χ0v) is 27.0. The summed E-state index contributed by atoms with van der Waals surface area (Å²) in [7, 11) is -2.82. The molecule has 11 nitrogen and oxygen atoms in total. The van der Waals surface area contributed by atoms with E-state index in [-0.39, 0.29) is 29.9 Å². The van der Waals surface area contributed by atoms with Crippen LogP contribution in [-0.4, -0.2) is 77.4 Å². The molecule has 0 bridgehead atoms. The second-order valence-corrected chi connectivity index (χ2v) is 16.9. The molecule has 2 fully saturated rings. The van der Waals surface area contributed by atoms with Crippen molar-refractivity contribution in [2.75, 3.05) is 36.0 Å². The van der Waals surface area contributed by atoms with Crippen molar-refractivity contribution in [3.05, 3.63) is 70.5 Å². The lowest BCUT2D eigenvalue weighted by Gasteiger charge is -2.32. The van der Waals surface area contributed by atoms with E-state index in [1.165, 1.54) is 0 Å². The predicted octanol–water partition coefficient (Wildman–Crippen LogP) is 2.84. The summed E-state index contributed by atoms with van der Waals surface area (Å²) < 4.78 is 8.60. The Morgan fingerprint density at radius 2 is 1.95 bits per heavy atom. The zero-order chi connectivity index (χ0) is 31.2. The minimum Gasteiger partial charge on any atom is -0.432 e. The van der Waals surface area contributed by atoms with Gasteiger partial charge in [0.05, 0.1) is 30.6 Å². The number of halogens is 1. The normalized spacial score (nSPS) is 25.4. The highest BCUT2D eigenvalue weighted by Crippen LogP contribution is 2.60. The van der Waals surface area contributed by atoms with E-state index in [1.54, 1.807) is 20.5 Å². The highest BCUT2D eigenvalue weighted by Gasteiger charge is 2.66. The summed E-state index contributed by atoms with van der Waals surface area (Å²) in [6.07, 6.45) is 2.37. The van der Waals surface area contributed by atoms with E-state index in [0.29, 0.717) is 49.7 Å². The fraction of sp³-hybridized carbons (Fsp3) is 0.484. The number of hydrogen-bond acceptors (Lipinski definition) is 8. The molecular weight excluding hydrogens is 600 g/mol. The van der Waals surface area contributed by atoms with Crippen LogP contribution in [0.3, 0.4) is 0 Å². The number of aliphatic hydroxyl groups is 1. The highest BCUT2D eigenvalue weighted by molar-refractivity contribution is 6.71. The minimum absolute atomic E-state index is 0.00258. The van der Waals surface area contributed by atoms with Gasteiger partial charge in [0.1, 0.15) is 0 Å². The average molecular weight is 639 g/mol. The fourth-order valence-electron chi connectivity index (χ4n) is 7.26. The summed E-state index contributed by atoms with van der Waals surface area (Å²) in [6.45, 7) is 8.31. The van der Waals surface area contributed by atoms with Crippen LogP contribution in [0, 0.1) is 5.92 Å². The third-order valence-electron chi connectivity index (χ3n) is 9.22. The predicted molar refractivity (Wildman–Crippen MR) is 169 cm³/mol. The smallest absolute Gasteiger partial charge is 0.264 e.